The van der Waals surface area contributed by atoms with E-state index in [1.54, 1.807) is 4.90 Å². The van der Waals surface area contributed by atoms with Crippen molar-refractivity contribution in [1.29, 1.82) is 0 Å². The number of rotatable bonds is 2. The summed E-state index contributed by atoms with van der Waals surface area (Å²) in [6.07, 6.45) is 4.32. The van der Waals surface area contributed by atoms with Crippen LogP contribution in [0.25, 0.3) is 0 Å². The zero-order valence-corrected chi connectivity index (χ0v) is 10.2. The second-order valence-corrected chi connectivity index (χ2v) is 4.59. The van der Waals surface area contributed by atoms with Gasteiger partial charge in [0.15, 0.2) is 0 Å². The van der Waals surface area contributed by atoms with Crippen LogP contribution in [0.1, 0.15) is 23.2 Å². The van der Waals surface area contributed by atoms with E-state index in [4.69, 9.17) is 11.6 Å². The quantitative estimate of drug-likeness (QED) is 0.761. The molecule has 0 aliphatic carbocycles. The van der Waals surface area contributed by atoms with E-state index in [0.29, 0.717) is 30.5 Å². The first-order chi connectivity index (χ1) is 8.20. The van der Waals surface area contributed by atoms with Crippen LogP contribution in [0.3, 0.4) is 0 Å². The fourth-order valence-corrected chi connectivity index (χ4v) is 2.31. The van der Waals surface area contributed by atoms with Crippen LogP contribution in [0.15, 0.2) is 18.5 Å². The topological polar surface area (TPSA) is 33.2 Å². The fraction of sp³-hybridized carbons (Fsp3) is 0.500. The molecule has 0 bridgehead atoms. The summed E-state index contributed by atoms with van der Waals surface area (Å²) in [5, 5.41) is 0. The van der Waals surface area contributed by atoms with Gasteiger partial charge in [0.05, 0.1) is 11.8 Å². The molecule has 0 atom stereocenters. The van der Waals surface area contributed by atoms with Crippen LogP contribution >= 0.6 is 11.6 Å². The lowest BCUT2D eigenvalue weighted by Gasteiger charge is -2.31. The van der Waals surface area contributed by atoms with Gasteiger partial charge in [-0.3, -0.25) is 9.78 Å². The predicted octanol–water partition coefficient (Wildman–Crippen LogP) is 2.31. The number of carbonyl (C=O) groups is 1. The van der Waals surface area contributed by atoms with Crippen molar-refractivity contribution < 1.29 is 9.18 Å². The Morgan fingerprint density at radius 1 is 1.47 bits per heavy atom. The molecule has 0 aromatic carbocycles. The minimum Gasteiger partial charge on any atom is -0.339 e. The molecule has 1 fully saturated rings. The van der Waals surface area contributed by atoms with Gasteiger partial charge in [-0.2, -0.15) is 0 Å². The summed E-state index contributed by atoms with van der Waals surface area (Å²) in [7, 11) is 0. The lowest BCUT2D eigenvalue weighted by Crippen LogP contribution is -2.38. The number of pyridine rings is 1. The van der Waals surface area contributed by atoms with Gasteiger partial charge >= 0.3 is 0 Å². The summed E-state index contributed by atoms with van der Waals surface area (Å²) in [5.41, 5.74) is 0.314. The van der Waals surface area contributed by atoms with Gasteiger partial charge in [-0.15, -0.1) is 11.6 Å². The van der Waals surface area contributed by atoms with E-state index in [9.17, 15) is 9.18 Å². The lowest BCUT2D eigenvalue weighted by atomic mass is 9.98. The molecule has 0 saturated carbocycles. The number of hydrogen-bond acceptors (Lipinski definition) is 2. The number of piperidine rings is 1. The maximum absolute atomic E-state index is 13.0. The van der Waals surface area contributed by atoms with Crippen molar-refractivity contribution in [3.63, 3.8) is 0 Å². The Balaban J connectivity index is 2.02. The van der Waals surface area contributed by atoms with E-state index in [-0.39, 0.29) is 5.91 Å². The Bertz CT molecular complexity index is 405. The second kappa shape index (κ2) is 5.45. The van der Waals surface area contributed by atoms with Crippen molar-refractivity contribution in [1.82, 2.24) is 9.88 Å². The van der Waals surface area contributed by atoms with Gasteiger partial charge in [0.25, 0.3) is 5.91 Å². The minimum atomic E-state index is -0.480. The molecule has 0 spiro atoms. The second-order valence-electron chi connectivity index (χ2n) is 4.28. The Kier molecular flexibility index (Phi) is 3.94. The van der Waals surface area contributed by atoms with Crippen LogP contribution in [0.4, 0.5) is 4.39 Å². The van der Waals surface area contributed by atoms with Crippen molar-refractivity contribution in [2.24, 2.45) is 5.92 Å². The van der Waals surface area contributed by atoms with Crippen molar-refractivity contribution >= 4 is 17.5 Å². The first-order valence-corrected chi connectivity index (χ1v) is 6.20. The van der Waals surface area contributed by atoms with Crippen molar-refractivity contribution in [2.45, 2.75) is 12.8 Å². The number of likely N-dealkylation sites (tertiary alicyclic amines) is 1. The average molecular weight is 257 g/mol. The van der Waals surface area contributed by atoms with E-state index in [0.717, 1.165) is 19.0 Å². The van der Waals surface area contributed by atoms with E-state index in [1.807, 2.05) is 0 Å². The molecule has 1 aliphatic rings. The lowest BCUT2D eigenvalue weighted by molar-refractivity contribution is 0.0697. The number of halogens is 2. The van der Waals surface area contributed by atoms with Gasteiger partial charge in [0, 0.05) is 25.2 Å². The summed E-state index contributed by atoms with van der Waals surface area (Å²) >= 11 is 5.78. The first kappa shape index (κ1) is 12.3. The van der Waals surface area contributed by atoms with Crippen molar-refractivity contribution in [3.8, 4) is 0 Å². The normalized spacial score (nSPS) is 17.2. The molecule has 5 heteroatoms. The highest BCUT2D eigenvalue weighted by Gasteiger charge is 2.23. The molecule has 0 radical (unpaired) electrons. The van der Waals surface area contributed by atoms with Crippen molar-refractivity contribution in [3.05, 3.63) is 29.8 Å². The molecule has 92 valence electrons. The number of alkyl halides is 1. The molecule has 1 aliphatic heterocycles. The predicted molar refractivity (Wildman–Crippen MR) is 63.5 cm³/mol. The monoisotopic (exact) mass is 256 g/mol. The van der Waals surface area contributed by atoms with Crippen LogP contribution in [0.5, 0.6) is 0 Å². The van der Waals surface area contributed by atoms with Crippen molar-refractivity contribution in [2.75, 3.05) is 19.0 Å². The molecule has 3 nitrogen and oxygen atoms in total. The van der Waals surface area contributed by atoms with Gasteiger partial charge < -0.3 is 4.90 Å². The standard InChI is InChI=1S/C12H14ClFN2O/c13-6-9-1-3-16(4-2-9)12(17)10-5-11(14)8-15-7-10/h5,7-9H,1-4,6H2. The molecule has 0 N–H and O–H groups in total. The molecular formula is C12H14ClFN2O. The summed E-state index contributed by atoms with van der Waals surface area (Å²) < 4.78 is 13.0. The van der Waals surface area contributed by atoms with E-state index in [1.165, 1.54) is 12.3 Å². The van der Waals surface area contributed by atoms with Crippen LogP contribution in [0, 0.1) is 11.7 Å². The number of carbonyl (C=O) groups excluding carboxylic acids is 1. The molecule has 1 aromatic rings. The zero-order chi connectivity index (χ0) is 12.3. The van der Waals surface area contributed by atoms with Gasteiger partial charge in [-0.05, 0) is 24.8 Å². The SMILES string of the molecule is O=C(c1cncc(F)c1)N1CCC(CCl)CC1. The van der Waals surface area contributed by atoms with E-state index >= 15 is 0 Å². The zero-order valence-electron chi connectivity index (χ0n) is 9.40. The molecule has 2 rings (SSSR count). The number of hydrogen-bond donors (Lipinski definition) is 0. The summed E-state index contributed by atoms with van der Waals surface area (Å²) in [4.78, 5) is 17.5. The fourth-order valence-electron chi connectivity index (χ4n) is 2.00. The van der Waals surface area contributed by atoms with Crippen LogP contribution in [-0.4, -0.2) is 34.8 Å². The summed E-state index contributed by atoms with van der Waals surface area (Å²) in [5.74, 6) is 0.506. The Hall–Kier alpha value is -1.16. The maximum Gasteiger partial charge on any atom is 0.255 e. The highest BCUT2D eigenvalue weighted by Crippen LogP contribution is 2.19. The maximum atomic E-state index is 13.0. The number of aromatic nitrogens is 1. The molecule has 1 aromatic heterocycles. The van der Waals surface area contributed by atoms with E-state index in [2.05, 4.69) is 4.98 Å². The van der Waals surface area contributed by atoms with Gasteiger partial charge in [0.1, 0.15) is 5.82 Å². The van der Waals surface area contributed by atoms with Crippen LogP contribution < -0.4 is 0 Å². The third-order valence-corrected chi connectivity index (χ3v) is 3.51. The molecule has 2 heterocycles. The third kappa shape index (κ3) is 2.94. The van der Waals surface area contributed by atoms with E-state index < -0.39 is 5.82 Å². The van der Waals surface area contributed by atoms with Crippen LogP contribution in [-0.2, 0) is 0 Å². The highest BCUT2D eigenvalue weighted by atomic mass is 35.5. The highest BCUT2D eigenvalue weighted by molar-refractivity contribution is 6.18. The molecular weight excluding hydrogens is 243 g/mol. The van der Waals surface area contributed by atoms with Gasteiger partial charge in [-0.1, -0.05) is 0 Å². The average Bonchev–Trinajstić information content (AvgIpc) is 2.38. The minimum absolute atomic E-state index is 0.148. The Labute approximate surface area is 105 Å². The largest absolute Gasteiger partial charge is 0.339 e. The third-order valence-electron chi connectivity index (χ3n) is 3.07. The van der Waals surface area contributed by atoms with Gasteiger partial charge in [-0.25, -0.2) is 4.39 Å². The molecule has 1 amide bonds. The number of nitrogens with zero attached hydrogens (tertiary/aromatic N) is 2. The van der Waals surface area contributed by atoms with Gasteiger partial charge in [0.2, 0.25) is 0 Å². The molecule has 0 unspecified atom stereocenters. The Morgan fingerprint density at radius 2 is 2.18 bits per heavy atom. The summed E-state index contributed by atoms with van der Waals surface area (Å²) in [6, 6.07) is 1.23. The Morgan fingerprint density at radius 3 is 2.76 bits per heavy atom. The molecule has 17 heavy (non-hydrogen) atoms. The smallest absolute Gasteiger partial charge is 0.255 e. The first-order valence-electron chi connectivity index (χ1n) is 5.66. The van der Waals surface area contributed by atoms with Crippen LogP contribution in [0.2, 0.25) is 0 Å². The summed E-state index contributed by atoms with van der Waals surface area (Å²) in [6.45, 7) is 1.37. The molecule has 1 saturated heterocycles. The number of amides is 1.